The smallest absolute Gasteiger partial charge is 0.187 e. The fourth-order valence-electron chi connectivity index (χ4n) is 0.801. The summed E-state index contributed by atoms with van der Waals surface area (Å²) in [5.41, 5.74) is 8.80. The standard InChI is InChI=1S/C9H9N5S/c1-15-9-11-6-8(7-12-9)4-2-3-5-13-14-10/h6-7H,3,5H2,1H3. The topological polar surface area (TPSA) is 74.5 Å². The van der Waals surface area contributed by atoms with Crippen LogP contribution in [-0.2, 0) is 0 Å². The average molecular weight is 219 g/mol. The SMILES string of the molecule is CSc1ncc(C#CCCN=[N+]=[N-])cn1. The molecule has 0 atom stereocenters. The number of hydrogen-bond donors (Lipinski definition) is 0. The Labute approximate surface area is 92.0 Å². The zero-order valence-corrected chi connectivity index (χ0v) is 9.03. The van der Waals surface area contributed by atoms with Crippen LogP contribution in [0.2, 0.25) is 0 Å². The van der Waals surface area contributed by atoms with Crippen molar-refractivity contribution in [2.75, 3.05) is 12.8 Å². The summed E-state index contributed by atoms with van der Waals surface area (Å²) in [6.45, 7) is 0.396. The Bertz CT molecular complexity index is 410. The summed E-state index contributed by atoms with van der Waals surface area (Å²) < 4.78 is 0. The third kappa shape index (κ3) is 4.36. The normalized spacial score (nSPS) is 8.60. The Hall–Kier alpha value is -1.70. The first-order chi connectivity index (χ1) is 7.36. The molecule has 1 heterocycles. The molecule has 15 heavy (non-hydrogen) atoms. The van der Waals surface area contributed by atoms with Gasteiger partial charge in [0.25, 0.3) is 0 Å². The van der Waals surface area contributed by atoms with Crippen molar-refractivity contribution in [1.82, 2.24) is 9.97 Å². The number of thioether (sulfide) groups is 1. The molecule has 0 fully saturated rings. The zero-order valence-electron chi connectivity index (χ0n) is 8.21. The van der Waals surface area contributed by atoms with E-state index in [4.69, 9.17) is 5.53 Å². The Morgan fingerprint density at radius 1 is 1.53 bits per heavy atom. The van der Waals surface area contributed by atoms with E-state index >= 15 is 0 Å². The lowest BCUT2D eigenvalue weighted by Gasteiger charge is -1.92. The fraction of sp³-hybridized carbons (Fsp3) is 0.333. The van der Waals surface area contributed by atoms with Crippen LogP contribution in [-0.4, -0.2) is 22.8 Å². The highest BCUT2D eigenvalue weighted by molar-refractivity contribution is 7.98. The second kappa shape index (κ2) is 6.71. The maximum absolute atomic E-state index is 8.03. The molecule has 0 aliphatic rings. The highest BCUT2D eigenvalue weighted by Gasteiger charge is 1.91. The summed E-state index contributed by atoms with van der Waals surface area (Å²) in [6, 6.07) is 0. The molecule has 1 aromatic heterocycles. The first-order valence-corrected chi connectivity index (χ1v) is 5.45. The molecule has 0 aliphatic heterocycles. The van der Waals surface area contributed by atoms with Crippen LogP contribution >= 0.6 is 11.8 Å². The number of rotatable bonds is 3. The van der Waals surface area contributed by atoms with E-state index in [0.717, 1.165) is 10.7 Å². The van der Waals surface area contributed by atoms with Gasteiger partial charge in [0.1, 0.15) is 0 Å². The summed E-state index contributed by atoms with van der Waals surface area (Å²) in [6.07, 6.45) is 5.83. The van der Waals surface area contributed by atoms with Crippen molar-refractivity contribution in [3.63, 3.8) is 0 Å². The number of nitrogens with zero attached hydrogens (tertiary/aromatic N) is 5. The average Bonchev–Trinajstić information content (AvgIpc) is 2.30. The third-order valence-electron chi connectivity index (χ3n) is 1.44. The molecular weight excluding hydrogens is 210 g/mol. The molecular formula is C9H9N5S. The highest BCUT2D eigenvalue weighted by atomic mass is 32.2. The van der Waals surface area contributed by atoms with Gasteiger partial charge in [0.15, 0.2) is 5.16 Å². The minimum absolute atomic E-state index is 0.396. The number of hydrogen-bond acceptors (Lipinski definition) is 4. The second-order valence-corrected chi connectivity index (χ2v) is 3.24. The molecule has 0 bridgehead atoms. The minimum atomic E-state index is 0.396. The highest BCUT2D eigenvalue weighted by Crippen LogP contribution is 2.05. The van der Waals surface area contributed by atoms with Crippen LogP contribution in [0.1, 0.15) is 12.0 Å². The lowest BCUT2D eigenvalue weighted by atomic mass is 10.3. The molecule has 0 radical (unpaired) electrons. The predicted molar refractivity (Wildman–Crippen MR) is 59.3 cm³/mol. The summed E-state index contributed by atoms with van der Waals surface area (Å²) >= 11 is 1.49. The van der Waals surface area contributed by atoms with Gasteiger partial charge in [0, 0.05) is 30.3 Å². The first-order valence-electron chi connectivity index (χ1n) is 4.22. The van der Waals surface area contributed by atoms with Crippen LogP contribution in [0.3, 0.4) is 0 Å². The van der Waals surface area contributed by atoms with E-state index in [2.05, 4.69) is 31.8 Å². The van der Waals surface area contributed by atoms with Gasteiger partial charge in [-0.2, -0.15) is 0 Å². The molecule has 76 valence electrons. The van der Waals surface area contributed by atoms with Gasteiger partial charge in [-0.1, -0.05) is 28.7 Å². The summed E-state index contributed by atoms with van der Waals surface area (Å²) in [7, 11) is 0. The molecule has 0 aromatic carbocycles. The van der Waals surface area contributed by atoms with Gasteiger partial charge in [0.2, 0.25) is 0 Å². The van der Waals surface area contributed by atoms with Crippen LogP contribution in [0.15, 0.2) is 22.7 Å². The molecule has 5 nitrogen and oxygen atoms in total. The molecule has 0 unspecified atom stereocenters. The number of aromatic nitrogens is 2. The van der Waals surface area contributed by atoms with E-state index in [-0.39, 0.29) is 0 Å². The lowest BCUT2D eigenvalue weighted by Crippen LogP contribution is -1.86. The quantitative estimate of drug-likeness (QED) is 0.149. The Balaban J connectivity index is 2.52. The van der Waals surface area contributed by atoms with Crippen LogP contribution in [0.5, 0.6) is 0 Å². The van der Waals surface area contributed by atoms with Crippen molar-refractivity contribution in [3.8, 4) is 11.8 Å². The Morgan fingerprint density at radius 3 is 2.87 bits per heavy atom. The van der Waals surface area contributed by atoms with Gasteiger partial charge < -0.3 is 0 Å². The lowest BCUT2D eigenvalue weighted by molar-refractivity contribution is 0.964. The van der Waals surface area contributed by atoms with Crippen molar-refractivity contribution in [2.45, 2.75) is 11.6 Å². The maximum Gasteiger partial charge on any atom is 0.187 e. The summed E-state index contributed by atoms with van der Waals surface area (Å²) in [4.78, 5) is 10.8. The van der Waals surface area contributed by atoms with Crippen LogP contribution < -0.4 is 0 Å². The third-order valence-corrected chi connectivity index (χ3v) is 2.02. The van der Waals surface area contributed by atoms with Crippen LogP contribution in [0.4, 0.5) is 0 Å². The van der Waals surface area contributed by atoms with Gasteiger partial charge in [0.05, 0.1) is 5.56 Å². The van der Waals surface area contributed by atoms with E-state index in [1.807, 2.05) is 6.26 Å². The number of azide groups is 1. The van der Waals surface area contributed by atoms with Gasteiger partial charge in [-0.25, -0.2) is 9.97 Å². The van der Waals surface area contributed by atoms with E-state index in [9.17, 15) is 0 Å². The second-order valence-electron chi connectivity index (χ2n) is 2.46. The van der Waals surface area contributed by atoms with E-state index < -0.39 is 0 Å². The van der Waals surface area contributed by atoms with Crippen molar-refractivity contribution >= 4 is 11.8 Å². The molecule has 6 heteroatoms. The zero-order chi connectivity index (χ0) is 10.9. The largest absolute Gasteiger partial charge is 0.230 e. The molecule has 0 spiro atoms. The molecule has 1 rings (SSSR count). The van der Waals surface area contributed by atoms with E-state index in [1.165, 1.54) is 11.8 Å². The Morgan fingerprint density at radius 2 is 2.27 bits per heavy atom. The fourth-order valence-corrected chi connectivity index (χ4v) is 1.12. The van der Waals surface area contributed by atoms with Crippen LogP contribution in [0, 0.1) is 11.8 Å². The summed E-state index contributed by atoms with van der Waals surface area (Å²) in [5.74, 6) is 5.76. The molecule has 1 aromatic rings. The van der Waals surface area contributed by atoms with Crippen LogP contribution in [0.25, 0.3) is 10.4 Å². The van der Waals surface area contributed by atoms with Crippen molar-refractivity contribution in [1.29, 1.82) is 0 Å². The van der Waals surface area contributed by atoms with Crippen molar-refractivity contribution in [2.24, 2.45) is 5.11 Å². The van der Waals surface area contributed by atoms with Gasteiger partial charge in [-0.15, -0.1) is 0 Å². The van der Waals surface area contributed by atoms with Crippen molar-refractivity contribution < 1.29 is 0 Å². The molecule has 0 aliphatic carbocycles. The predicted octanol–water partition coefficient (Wildman–Crippen LogP) is 2.25. The van der Waals surface area contributed by atoms with Gasteiger partial charge >= 0.3 is 0 Å². The summed E-state index contributed by atoms with van der Waals surface area (Å²) in [5, 5.41) is 4.10. The van der Waals surface area contributed by atoms with E-state index in [1.54, 1.807) is 12.4 Å². The maximum atomic E-state index is 8.03. The Kier molecular flexibility index (Phi) is 5.09. The van der Waals surface area contributed by atoms with Gasteiger partial charge in [-0.05, 0) is 11.8 Å². The minimum Gasteiger partial charge on any atom is -0.230 e. The molecule has 0 saturated carbocycles. The van der Waals surface area contributed by atoms with Gasteiger partial charge in [-0.3, -0.25) is 0 Å². The van der Waals surface area contributed by atoms with Crippen molar-refractivity contribution in [3.05, 3.63) is 28.4 Å². The van der Waals surface area contributed by atoms with E-state index in [0.29, 0.717) is 13.0 Å². The molecule has 0 N–H and O–H groups in total. The molecule has 0 saturated heterocycles. The monoisotopic (exact) mass is 219 g/mol. The first kappa shape index (κ1) is 11.4. The molecule has 0 amide bonds.